The first kappa shape index (κ1) is 32.4. The van der Waals surface area contributed by atoms with Crippen LogP contribution in [0.4, 0.5) is 4.79 Å². The van der Waals surface area contributed by atoms with E-state index in [2.05, 4.69) is 28.4 Å². The van der Waals surface area contributed by atoms with Crippen LogP contribution in [0.3, 0.4) is 0 Å². The monoisotopic (exact) mass is 524 g/mol. The molecule has 37 heavy (non-hydrogen) atoms. The van der Waals surface area contributed by atoms with Crippen molar-refractivity contribution in [3.63, 3.8) is 0 Å². The van der Waals surface area contributed by atoms with Crippen LogP contribution in [-0.4, -0.2) is 56.2 Å². The molecule has 2 unspecified atom stereocenters. The summed E-state index contributed by atoms with van der Waals surface area (Å²) in [5.41, 5.74) is 2.24. The largest absolute Gasteiger partial charge is 0.446 e. The molecule has 0 aromatic heterocycles. The van der Waals surface area contributed by atoms with Crippen LogP contribution >= 0.6 is 0 Å². The topological polar surface area (TPSA) is 135 Å². The van der Waals surface area contributed by atoms with Crippen LogP contribution in [0.1, 0.15) is 91.4 Å². The highest BCUT2D eigenvalue weighted by atomic mass is 16.6. The van der Waals surface area contributed by atoms with Gasteiger partial charge in [-0.05, 0) is 50.9 Å². The average molecular weight is 525 g/mol. The SMILES string of the molecule is CCCCCCCC1CC/C=C/CC(C(=O)NC)C[C@@H](C(=O)NOC)NC(=O)[C@H](CC(C)C)NC(=O)O1. The fraction of sp³-hybridized carbons (Fsp3) is 0.778. The van der Waals surface area contributed by atoms with Gasteiger partial charge in [0.25, 0.3) is 5.91 Å². The van der Waals surface area contributed by atoms with Crippen LogP contribution in [0.25, 0.3) is 0 Å². The van der Waals surface area contributed by atoms with E-state index >= 15 is 0 Å². The Bertz CT molecular complexity index is 742. The summed E-state index contributed by atoms with van der Waals surface area (Å²) >= 11 is 0. The van der Waals surface area contributed by atoms with Crippen molar-refractivity contribution in [1.29, 1.82) is 0 Å². The molecular weight excluding hydrogens is 476 g/mol. The minimum atomic E-state index is -1.03. The lowest BCUT2D eigenvalue weighted by atomic mass is 9.94. The predicted octanol–water partition coefficient (Wildman–Crippen LogP) is 3.51. The van der Waals surface area contributed by atoms with E-state index in [1.54, 1.807) is 7.05 Å². The van der Waals surface area contributed by atoms with Gasteiger partial charge in [0.2, 0.25) is 11.8 Å². The number of allylic oxidation sites excluding steroid dienone is 2. The van der Waals surface area contributed by atoms with Crippen molar-refractivity contribution in [2.24, 2.45) is 11.8 Å². The van der Waals surface area contributed by atoms with Gasteiger partial charge >= 0.3 is 6.09 Å². The second kappa shape index (κ2) is 18.6. The molecule has 0 saturated heterocycles. The van der Waals surface area contributed by atoms with Crippen molar-refractivity contribution in [2.75, 3.05) is 14.2 Å². The number of cyclic esters (lactones) is 1. The maximum Gasteiger partial charge on any atom is 0.408 e. The number of unbranched alkanes of at least 4 members (excludes halogenated alkanes) is 4. The summed E-state index contributed by atoms with van der Waals surface area (Å²) in [7, 11) is 2.84. The van der Waals surface area contributed by atoms with Gasteiger partial charge in [0.05, 0.1) is 7.11 Å². The molecule has 0 aromatic rings. The molecule has 0 radical (unpaired) electrons. The molecule has 10 nitrogen and oxygen atoms in total. The summed E-state index contributed by atoms with van der Waals surface area (Å²) in [5, 5.41) is 8.07. The Hall–Kier alpha value is -2.62. The number of amides is 4. The maximum atomic E-state index is 13.2. The molecule has 1 heterocycles. The van der Waals surface area contributed by atoms with E-state index in [4.69, 9.17) is 9.57 Å². The Morgan fingerprint density at radius 1 is 1.11 bits per heavy atom. The first-order chi connectivity index (χ1) is 17.7. The lowest BCUT2D eigenvalue weighted by Crippen LogP contribution is -2.55. The van der Waals surface area contributed by atoms with Crippen LogP contribution in [0.5, 0.6) is 0 Å². The normalized spacial score (nSPS) is 24.6. The number of alkyl carbamates (subject to hydrolysis) is 1. The first-order valence-electron chi connectivity index (χ1n) is 13.7. The van der Waals surface area contributed by atoms with E-state index in [1.165, 1.54) is 13.5 Å². The molecule has 0 spiro atoms. The highest BCUT2D eigenvalue weighted by molar-refractivity contribution is 5.91. The van der Waals surface area contributed by atoms with Crippen molar-refractivity contribution in [3.05, 3.63) is 12.2 Å². The molecule has 1 aliphatic rings. The van der Waals surface area contributed by atoms with Crippen LogP contribution in [0, 0.1) is 11.8 Å². The van der Waals surface area contributed by atoms with Gasteiger partial charge in [0.1, 0.15) is 18.2 Å². The quantitative estimate of drug-likeness (QED) is 0.186. The lowest BCUT2D eigenvalue weighted by molar-refractivity contribution is -0.138. The van der Waals surface area contributed by atoms with E-state index in [1.807, 2.05) is 26.0 Å². The molecule has 4 atom stereocenters. The Labute approximate surface area is 222 Å². The standard InChI is InChI=1S/C27H48N4O6/c1-6-7-8-9-12-15-21-16-13-10-11-14-20(24(32)28-4)18-23(26(34)31-36-5)29-25(33)22(17-19(2)3)30-27(35)37-21/h10-11,19-23H,6-9,12-18H2,1-5H3,(H,28,32)(H,29,33)(H,30,35)(H,31,34)/b11-10+/t20?,21?,22-,23-/m0/s1. The summed E-state index contributed by atoms with van der Waals surface area (Å²) < 4.78 is 5.76. The molecule has 1 aliphatic heterocycles. The summed E-state index contributed by atoms with van der Waals surface area (Å²) in [6.45, 7) is 6.05. The number of carbonyl (C=O) groups is 4. The minimum Gasteiger partial charge on any atom is -0.446 e. The molecule has 0 fully saturated rings. The summed E-state index contributed by atoms with van der Waals surface area (Å²) in [4.78, 5) is 56.1. The van der Waals surface area contributed by atoms with E-state index in [-0.39, 0.29) is 24.3 Å². The van der Waals surface area contributed by atoms with Gasteiger partial charge in [0, 0.05) is 13.0 Å². The van der Waals surface area contributed by atoms with Crippen molar-refractivity contribution in [1.82, 2.24) is 21.4 Å². The molecule has 0 aromatic carbocycles. The number of hydrogen-bond acceptors (Lipinski definition) is 6. The third-order valence-corrected chi connectivity index (χ3v) is 6.43. The van der Waals surface area contributed by atoms with Crippen LogP contribution in [0.2, 0.25) is 0 Å². The summed E-state index contributed by atoms with van der Waals surface area (Å²) in [5.74, 6) is -1.76. The van der Waals surface area contributed by atoms with Crippen molar-refractivity contribution < 1.29 is 28.8 Å². The minimum absolute atomic E-state index is 0.0736. The predicted molar refractivity (Wildman–Crippen MR) is 142 cm³/mol. The van der Waals surface area contributed by atoms with Gasteiger partial charge in [-0.15, -0.1) is 0 Å². The number of nitrogens with one attached hydrogen (secondary N) is 4. The third kappa shape index (κ3) is 13.5. The van der Waals surface area contributed by atoms with Gasteiger partial charge in [-0.25, -0.2) is 10.3 Å². The van der Waals surface area contributed by atoms with Gasteiger partial charge in [0.15, 0.2) is 0 Å². The van der Waals surface area contributed by atoms with Gasteiger partial charge in [-0.2, -0.15) is 0 Å². The number of carbonyl (C=O) groups excluding carboxylic acids is 4. The number of rotatable bonds is 11. The first-order valence-corrected chi connectivity index (χ1v) is 13.7. The molecule has 4 N–H and O–H groups in total. The highest BCUT2D eigenvalue weighted by Gasteiger charge is 2.31. The van der Waals surface area contributed by atoms with Crippen LogP contribution < -0.4 is 21.4 Å². The molecule has 212 valence electrons. The zero-order valence-electron chi connectivity index (χ0n) is 23.3. The molecule has 0 saturated carbocycles. The molecule has 1 rings (SSSR count). The van der Waals surface area contributed by atoms with Gasteiger partial charge in [-0.1, -0.05) is 58.6 Å². The number of hydroxylamine groups is 1. The van der Waals surface area contributed by atoms with Gasteiger partial charge < -0.3 is 20.7 Å². The number of hydrogen-bond donors (Lipinski definition) is 4. The Kier molecular flexibility index (Phi) is 16.3. The average Bonchev–Trinajstić information content (AvgIpc) is 2.85. The molecule has 0 aliphatic carbocycles. The van der Waals surface area contributed by atoms with Crippen LogP contribution in [0.15, 0.2) is 12.2 Å². The van der Waals surface area contributed by atoms with E-state index in [0.29, 0.717) is 25.7 Å². The Morgan fingerprint density at radius 3 is 2.49 bits per heavy atom. The Balaban J connectivity index is 3.15. The highest BCUT2D eigenvalue weighted by Crippen LogP contribution is 2.18. The lowest BCUT2D eigenvalue weighted by Gasteiger charge is -2.26. The molecule has 4 amide bonds. The smallest absolute Gasteiger partial charge is 0.408 e. The van der Waals surface area contributed by atoms with Crippen molar-refractivity contribution >= 4 is 23.8 Å². The summed E-state index contributed by atoms with van der Waals surface area (Å²) in [6.07, 6.45) is 11.5. The summed E-state index contributed by atoms with van der Waals surface area (Å²) in [6, 6.07) is -1.92. The Morgan fingerprint density at radius 2 is 1.84 bits per heavy atom. The van der Waals surface area contributed by atoms with E-state index in [9.17, 15) is 19.2 Å². The molecule has 0 bridgehead atoms. The fourth-order valence-corrected chi connectivity index (χ4v) is 4.40. The van der Waals surface area contributed by atoms with Gasteiger partial charge in [-0.3, -0.25) is 19.2 Å². The second-order valence-corrected chi connectivity index (χ2v) is 10.1. The number of ether oxygens (including phenoxy) is 1. The van der Waals surface area contributed by atoms with E-state index < -0.39 is 35.9 Å². The van der Waals surface area contributed by atoms with Crippen molar-refractivity contribution in [3.8, 4) is 0 Å². The van der Waals surface area contributed by atoms with E-state index in [0.717, 1.165) is 32.1 Å². The van der Waals surface area contributed by atoms with Crippen LogP contribution in [-0.2, 0) is 24.0 Å². The zero-order valence-corrected chi connectivity index (χ0v) is 23.3. The second-order valence-electron chi connectivity index (χ2n) is 10.1. The van der Waals surface area contributed by atoms with Crippen molar-refractivity contribution in [2.45, 2.75) is 110 Å². The third-order valence-electron chi connectivity index (χ3n) is 6.43. The zero-order chi connectivity index (χ0) is 27.6. The molecule has 10 heteroatoms. The molecular formula is C27H48N4O6. The maximum absolute atomic E-state index is 13.2. The fourth-order valence-electron chi connectivity index (χ4n) is 4.40.